The SMILES string of the molecule is CN1CCc2c(cccc2N(c2ccc(C(N)=O)cc2)c2nc(-c3ccccc3)c3ccccc3n2)C1. The second kappa shape index (κ2) is 9.48. The first-order chi connectivity index (χ1) is 18.1. The molecule has 0 atom stereocenters. The minimum atomic E-state index is -0.452. The van der Waals surface area contributed by atoms with Gasteiger partial charge in [0.25, 0.3) is 0 Å². The topological polar surface area (TPSA) is 75.3 Å². The summed E-state index contributed by atoms with van der Waals surface area (Å²) in [6.45, 7) is 1.87. The van der Waals surface area contributed by atoms with Crippen LogP contribution in [0.3, 0.4) is 0 Å². The van der Waals surface area contributed by atoms with E-state index in [2.05, 4.69) is 53.2 Å². The van der Waals surface area contributed by atoms with Crippen LogP contribution < -0.4 is 10.6 Å². The fourth-order valence-corrected chi connectivity index (χ4v) is 5.06. The number of amides is 1. The zero-order chi connectivity index (χ0) is 25.4. The standard InChI is InChI=1S/C31H27N5O/c1-35-19-18-25-23(20-35)10-7-13-28(25)36(24-16-14-22(15-17-24)30(32)37)31-33-27-12-6-5-11-26(27)29(34-31)21-8-3-2-4-9-21/h2-17H,18-20H2,1H3,(H2,32,37). The summed E-state index contributed by atoms with van der Waals surface area (Å²) in [6.07, 6.45) is 0.928. The highest BCUT2D eigenvalue weighted by Crippen LogP contribution is 2.39. The highest BCUT2D eigenvalue weighted by Gasteiger charge is 2.24. The van der Waals surface area contributed by atoms with Crippen LogP contribution in [0.25, 0.3) is 22.2 Å². The number of nitrogens with zero attached hydrogens (tertiary/aromatic N) is 4. The van der Waals surface area contributed by atoms with Crippen LogP contribution in [0.2, 0.25) is 0 Å². The molecule has 1 amide bonds. The molecule has 0 aliphatic carbocycles. The lowest BCUT2D eigenvalue weighted by molar-refractivity contribution is 0.100. The molecule has 0 saturated heterocycles. The van der Waals surface area contributed by atoms with E-state index in [1.807, 2.05) is 48.5 Å². The third-order valence-electron chi connectivity index (χ3n) is 6.92. The minimum Gasteiger partial charge on any atom is -0.366 e. The molecule has 182 valence electrons. The number of fused-ring (bicyclic) bond motifs is 2. The second-order valence-corrected chi connectivity index (χ2v) is 9.40. The van der Waals surface area contributed by atoms with Gasteiger partial charge in [-0.05, 0) is 61.0 Å². The summed E-state index contributed by atoms with van der Waals surface area (Å²) in [5.74, 6) is 0.128. The maximum atomic E-state index is 11.8. The average Bonchev–Trinajstić information content (AvgIpc) is 2.93. The van der Waals surface area contributed by atoms with Gasteiger partial charge in [0.15, 0.2) is 0 Å². The van der Waals surface area contributed by atoms with E-state index in [4.69, 9.17) is 15.7 Å². The molecule has 6 rings (SSSR count). The van der Waals surface area contributed by atoms with Gasteiger partial charge in [-0.1, -0.05) is 60.7 Å². The van der Waals surface area contributed by atoms with Gasteiger partial charge < -0.3 is 10.6 Å². The van der Waals surface area contributed by atoms with Gasteiger partial charge in [0, 0.05) is 35.3 Å². The van der Waals surface area contributed by atoms with Crippen molar-refractivity contribution in [1.82, 2.24) is 14.9 Å². The largest absolute Gasteiger partial charge is 0.366 e. The van der Waals surface area contributed by atoms with Crippen molar-refractivity contribution in [3.05, 3.63) is 114 Å². The Balaban J connectivity index is 1.61. The van der Waals surface area contributed by atoms with Gasteiger partial charge in [0.2, 0.25) is 11.9 Å². The molecule has 6 heteroatoms. The Bertz CT molecular complexity index is 1600. The predicted octanol–water partition coefficient (Wildman–Crippen LogP) is 5.85. The number of nitrogens with two attached hydrogens (primary N) is 1. The molecule has 6 nitrogen and oxygen atoms in total. The molecule has 2 heterocycles. The number of hydrogen-bond acceptors (Lipinski definition) is 5. The van der Waals surface area contributed by atoms with E-state index < -0.39 is 5.91 Å². The van der Waals surface area contributed by atoms with Gasteiger partial charge in [0.05, 0.1) is 16.9 Å². The highest BCUT2D eigenvalue weighted by atomic mass is 16.1. The Kier molecular flexibility index (Phi) is 5.87. The van der Waals surface area contributed by atoms with Crippen molar-refractivity contribution in [2.75, 3.05) is 18.5 Å². The third-order valence-corrected chi connectivity index (χ3v) is 6.92. The van der Waals surface area contributed by atoms with Crippen LogP contribution in [0.1, 0.15) is 21.5 Å². The summed E-state index contributed by atoms with van der Waals surface area (Å²) in [5, 5.41) is 0.998. The normalized spacial score (nSPS) is 13.3. The van der Waals surface area contributed by atoms with Crippen molar-refractivity contribution < 1.29 is 4.79 Å². The smallest absolute Gasteiger partial charge is 0.248 e. The van der Waals surface area contributed by atoms with Gasteiger partial charge in [-0.3, -0.25) is 9.69 Å². The van der Waals surface area contributed by atoms with Crippen molar-refractivity contribution in [2.24, 2.45) is 5.73 Å². The van der Waals surface area contributed by atoms with Crippen LogP contribution in [-0.4, -0.2) is 34.4 Å². The third kappa shape index (κ3) is 4.32. The summed E-state index contributed by atoms with van der Waals surface area (Å²) in [7, 11) is 2.15. The fraction of sp³-hybridized carbons (Fsp3) is 0.129. The van der Waals surface area contributed by atoms with Gasteiger partial charge >= 0.3 is 0 Å². The Morgan fingerprint density at radius 3 is 2.41 bits per heavy atom. The van der Waals surface area contributed by atoms with Gasteiger partial charge in [-0.25, -0.2) is 9.97 Å². The average molecular weight is 486 g/mol. The summed E-state index contributed by atoms with van der Waals surface area (Å²) in [5.41, 5.74) is 13.3. The van der Waals surface area contributed by atoms with E-state index in [1.165, 1.54) is 11.1 Å². The molecule has 4 aromatic carbocycles. The molecular formula is C31H27N5O. The van der Waals surface area contributed by atoms with Crippen molar-refractivity contribution in [3.63, 3.8) is 0 Å². The first kappa shape index (κ1) is 22.9. The Labute approximate surface area is 216 Å². The first-order valence-electron chi connectivity index (χ1n) is 12.4. The molecule has 1 aliphatic heterocycles. The number of primary amides is 1. The Hall–Kier alpha value is -4.55. The maximum Gasteiger partial charge on any atom is 0.248 e. The van der Waals surface area contributed by atoms with Crippen LogP contribution in [0.5, 0.6) is 0 Å². The number of hydrogen-bond donors (Lipinski definition) is 1. The van der Waals surface area contributed by atoms with Crippen LogP contribution in [0, 0.1) is 0 Å². The summed E-state index contributed by atoms with van der Waals surface area (Å²) in [6, 6.07) is 32.1. The lowest BCUT2D eigenvalue weighted by Crippen LogP contribution is -2.28. The first-order valence-corrected chi connectivity index (χ1v) is 12.4. The van der Waals surface area contributed by atoms with E-state index in [-0.39, 0.29) is 0 Å². The second-order valence-electron chi connectivity index (χ2n) is 9.40. The number of carbonyl (C=O) groups excluding carboxylic acids is 1. The Morgan fingerprint density at radius 1 is 0.865 bits per heavy atom. The van der Waals surface area contributed by atoms with Crippen molar-refractivity contribution in [3.8, 4) is 11.3 Å². The van der Waals surface area contributed by atoms with E-state index in [0.29, 0.717) is 11.5 Å². The monoisotopic (exact) mass is 485 g/mol. The molecule has 2 N–H and O–H groups in total. The highest BCUT2D eigenvalue weighted by molar-refractivity contribution is 5.95. The molecule has 1 aromatic heterocycles. The number of likely N-dealkylation sites (N-methyl/N-ethyl adjacent to an activating group) is 1. The number of benzene rings is 4. The maximum absolute atomic E-state index is 11.8. The number of anilines is 3. The van der Waals surface area contributed by atoms with E-state index in [0.717, 1.165) is 53.0 Å². The van der Waals surface area contributed by atoms with Gasteiger partial charge in [-0.15, -0.1) is 0 Å². The minimum absolute atomic E-state index is 0.452. The van der Waals surface area contributed by atoms with E-state index in [9.17, 15) is 4.79 Å². The molecule has 0 unspecified atom stereocenters. The fourth-order valence-electron chi connectivity index (χ4n) is 5.06. The van der Waals surface area contributed by atoms with Crippen molar-refractivity contribution in [2.45, 2.75) is 13.0 Å². The lowest BCUT2D eigenvalue weighted by Gasteiger charge is -2.31. The van der Waals surface area contributed by atoms with E-state index in [1.54, 1.807) is 12.1 Å². The molecule has 0 saturated carbocycles. The molecule has 0 radical (unpaired) electrons. The predicted molar refractivity (Wildman–Crippen MR) is 148 cm³/mol. The van der Waals surface area contributed by atoms with Crippen LogP contribution >= 0.6 is 0 Å². The molecule has 37 heavy (non-hydrogen) atoms. The summed E-state index contributed by atoms with van der Waals surface area (Å²) >= 11 is 0. The Morgan fingerprint density at radius 2 is 1.62 bits per heavy atom. The molecule has 0 fully saturated rings. The van der Waals surface area contributed by atoms with Crippen LogP contribution in [-0.2, 0) is 13.0 Å². The lowest BCUT2D eigenvalue weighted by atomic mass is 9.97. The van der Waals surface area contributed by atoms with Crippen LogP contribution in [0.4, 0.5) is 17.3 Å². The molecule has 5 aromatic rings. The zero-order valence-electron chi connectivity index (χ0n) is 20.6. The van der Waals surface area contributed by atoms with Gasteiger partial charge in [-0.2, -0.15) is 0 Å². The summed E-state index contributed by atoms with van der Waals surface area (Å²) in [4.78, 5) is 26.4. The molecule has 0 spiro atoms. The number of aromatic nitrogens is 2. The number of carbonyl (C=O) groups is 1. The van der Waals surface area contributed by atoms with Crippen molar-refractivity contribution in [1.29, 1.82) is 0 Å². The number of rotatable bonds is 5. The zero-order valence-corrected chi connectivity index (χ0v) is 20.6. The quantitative estimate of drug-likeness (QED) is 0.338. The molecule has 1 aliphatic rings. The molecule has 0 bridgehead atoms. The summed E-state index contributed by atoms with van der Waals surface area (Å²) < 4.78 is 0. The van der Waals surface area contributed by atoms with E-state index >= 15 is 0 Å². The number of para-hydroxylation sites is 1. The van der Waals surface area contributed by atoms with Crippen LogP contribution in [0.15, 0.2) is 97.1 Å². The van der Waals surface area contributed by atoms with Crippen molar-refractivity contribution >= 4 is 34.1 Å². The van der Waals surface area contributed by atoms with Gasteiger partial charge in [0.1, 0.15) is 0 Å². The molecular weight excluding hydrogens is 458 g/mol.